The van der Waals surface area contributed by atoms with Crippen LogP contribution in [0, 0.1) is 0 Å². The smallest absolute Gasteiger partial charge is 0.408 e. The molecule has 0 spiro atoms. The van der Waals surface area contributed by atoms with Crippen molar-refractivity contribution in [2.45, 2.75) is 240 Å². The van der Waals surface area contributed by atoms with Crippen LogP contribution in [0.15, 0.2) is 54.6 Å². The van der Waals surface area contributed by atoms with E-state index in [0.29, 0.717) is 36.9 Å². The number of ether oxygens (including phenoxy) is 7. The van der Waals surface area contributed by atoms with Crippen molar-refractivity contribution in [3.8, 4) is 0 Å². The lowest BCUT2D eigenvalue weighted by molar-refractivity contribution is -0.164. The Hall–Kier alpha value is -6.32. The van der Waals surface area contributed by atoms with E-state index in [4.69, 9.17) is 33.2 Å². The predicted octanol–water partition coefficient (Wildman–Crippen LogP) is 9.45. The summed E-state index contributed by atoms with van der Waals surface area (Å²) in [6.45, 7) is 30.5. The first-order valence-electron chi connectivity index (χ1n) is 29.8. The van der Waals surface area contributed by atoms with Gasteiger partial charge < -0.3 is 49.1 Å². The maximum atomic E-state index is 14.2. The molecule has 85 heavy (non-hydrogen) atoms. The molecule has 478 valence electrons. The summed E-state index contributed by atoms with van der Waals surface area (Å²) in [6.07, 6.45) is 2.51. The zero-order chi connectivity index (χ0) is 64.1. The zero-order valence-corrected chi connectivity index (χ0v) is 54.3. The Morgan fingerprint density at radius 3 is 1.36 bits per heavy atom. The minimum Gasteiger partial charge on any atom is -0.459 e. The molecule has 21 nitrogen and oxygen atoms in total. The Labute approximate surface area is 505 Å². The minimum atomic E-state index is -1.03. The third-order valence-corrected chi connectivity index (χ3v) is 12.5. The fraction of sp³-hybridized carbons (Fsp3) is 0.688. The topological polar surface area (TPSA) is 247 Å². The van der Waals surface area contributed by atoms with Crippen LogP contribution in [0.1, 0.15) is 181 Å². The molecule has 1 fully saturated rings. The summed E-state index contributed by atoms with van der Waals surface area (Å²) in [5.41, 5.74) is -3.16. The molecular weight excluding hydrogens is 1090 g/mol. The van der Waals surface area contributed by atoms with Crippen LogP contribution in [0.25, 0.3) is 0 Å². The van der Waals surface area contributed by atoms with Gasteiger partial charge in [-0.3, -0.25) is 43.5 Å². The molecule has 1 saturated carbocycles. The Morgan fingerprint density at radius 2 is 0.918 bits per heavy atom. The van der Waals surface area contributed by atoms with Gasteiger partial charge >= 0.3 is 42.0 Å². The molecule has 0 heterocycles. The molecule has 0 saturated heterocycles. The quantitative estimate of drug-likeness (QED) is 0.0428. The van der Waals surface area contributed by atoms with E-state index in [1.165, 1.54) is 0 Å². The number of nitrogens with one attached hydrogen (secondary N) is 3. The first kappa shape index (κ1) is 72.9. The molecule has 2 aromatic carbocycles. The van der Waals surface area contributed by atoms with Crippen LogP contribution in [0.4, 0.5) is 15.3 Å². The molecule has 1 aliphatic carbocycles. The number of alkyl carbamates (subject to hydrolysis) is 2. The van der Waals surface area contributed by atoms with Crippen LogP contribution in [-0.4, -0.2) is 166 Å². The van der Waals surface area contributed by atoms with E-state index in [0.717, 1.165) is 18.4 Å². The van der Waals surface area contributed by atoms with E-state index >= 15 is 0 Å². The number of anilines is 1. The van der Waals surface area contributed by atoms with Crippen LogP contribution in [0.2, 0.25) is 0 Å². The van der Waals surface area contributed by atoms with Crippen LogP contribution >= 0.6 is 0 Å². The monoisotopic (exact) mass is 1190 g/mol. The van der Waals surface area contributed by atoms with Crippen molar-refractivity contribution in [1.29, 1.82) is 0 Å². The van der Waals surface area contributed by atoms with Gasteiger partial charge in [-0.15, -0.1) is 0 Å². The van der Waals surface area contributed by atoms with Crippen molar-refractivity contribution in [3.05, 3.63) is 65.7 Å². The Bertz CT molecular complexity index is 2420. The molecule has 0 aromatic heterocycles. The van der Waals surface area contributed by atoms with Crippen LogP contribution in [-0.2, 0) is 75.0 Å². The molecule has 2 aromatic rings. The van der Waals surface area contributed by atoms with E-state index in [2.05, 4.69) is 16.0 Å². The number of rotatable bonds is 27. The normalized spacial score (nSPS) is 15.9. The maximum Gasteiger partial charge on any atom is 0.408 e. The number of amides is 3. The molecular formula is C64H102N6O15. The van der Waals surface area contributed by atoms with Crippen LogP contribution in [0.3, 0.4) is 0 Å². The molecule has 0 bridgehead atoms. The maximum absolute atomic E-state index is 14.2. The molecule has 0 radical (unpaired) electrons. The predicted molar refractivity (Wildman–Crippen MR) is 324 cm³/mol. The number of hydrogen-bond acceptors (Lipinski definition) is 18. The average molecular weight is 1200 g/mol. The summed E-state index contributed by atoms with van der Waals surface area (Å²) in [5.74, 6) is -3.36. The second-order valence-electron chi connectivity index (χ2n) is 27.8. The summed E-state index contributed by atoms with van der Waals surface area (Å²) < 4.78 is 40.1. The fourth-order valence-corrected chi connectivity index (χ4v) is 9.53. The Balaban J connectivity index is 2.12. The number of esters is 5. The summed E-state index contributed by atoms with van der Waals surface area (Å²) in [7, 11) is 0. The summed E-state index contributed by atoms with van der Waals surface area (Å²) >= 11 is 0. The summed E-state index contributed by atoms with van der Waals surface area (Å²) in [5, 5.41) is 8.35. The minimum absolute atomic E-state index is 0.0552. The molecule has 0 aliphatic heterocycles. The second-order valence-corrected chi connectivity index (χ2v) is 27.8. The van der Waals surface area contributed by atoms with Crippen LogP contribution < -0.4 is 16.0 Å². The molecule has 21 heteroatoms. The van der Waals surface area contributed by atoms with E-state index in [1.54, 1.807) is 159 Å². The molecule has 3 N–H and O–H groups in total. The lowest BCUT2D eigenvalue weighted by Gasteiger charge is -2.46. The van der Waals surface area contributed by atoms with Gasteiger partial charge in [0.15, 0.2) is 0 Å². The Morgan fingerprint density at radius 1 is 0.494 bits per heavy atom. The van der Waals surface area contributed by atoms with Gasteiger partial charge in [0.2, 0.25) is 5.91 Å². The van der Waals surface area contributed by atoms with Gasteiger partial charge in [-0.1, -0.05) is 55.3 Å². The first-order valence-corrected chi connectivity index (χ1v) is 29.8. The van der Waals surface area contributed by atoms with E-state index in [9.17, 15) is 38.4 Å². The first-order chi connectivity index (χ1) is 39.1. The molecule has 0 unspecified atom stereocenters. The van der Waals surface area contributed by atoms with Gasteiger partial charge in [0.1, 0.15) is 46.3 Å². The number of unbranched alkanes of at least 4 members (excludes halogenated alkanes) is 1. The highest BCUT2D eigenvalue weighted by atomic mass is 16.6. The SMILES string of the molecule is CC(C)(C)OC(=O)CN(CC(=O)OC(C)(C)C)[C@H](Cc1ccc(NC(=O)[C@H](CCCCNC(=O)OCc2ccccc2)NC(=O)OC(C)(C)C)cc1)CN(CC(=O)OC(C)(C)C)[C@H]1CCCC[C@@H]1N(CC(=O)OC(C)(C)C)CC(=O)OC(C)(C)C. The lowest BCUT2D eigenvalue weighted by Crippen LogP contribution is -2.60. The van der Waals surface area contributed by atoms with E-state index < -0.39 is 106 Å². The Kier molecular flexibility index (Phi) is 27.8. The van der Waals surface area contributed by atoms with Crippen molar-refractivity contribution in [1.82, 2.24) is 25.3 Å². The second kappa shape index (κ2) is 32.4. The third kappa shape index (κ3) is 32.1. The summed E-state index contributed by atoms with van der Waals surface area (Å²) in [4.78, 5) is 115. The zero-order valence-electron chi connectivity index (χ0n) is 54.3. The van der Waals surface area contributed by atoms with Gasteiger partial charge in [0, 0.05) is 36.9 Å². The van der Waals surface area contributed by atoms with E-state index in [-0.39, 0.29) is 65.3 Å². The number of benzene rings is 2. The largest absolute Gasteiger partial charge is 0.459 e. The number of hydrogen-bond donors (Lipinski definition) is 3. The third-order valence-electron chi connectivity index (χ3n) is 12.5. The highest BCUT2D eigenvalue weighted by Crippen LogP contribution is 2.30. The highest BCUT2D eigenvalue weighted by molar-refractivity contribution is 5.96. The molecule has 1 aliphatic rings. The number of nitrogens with zero attached hydrogens (tertiary/aromatic N) is 3. The van der Waals surface area contributed by atoms with Crippen molar-refractivity contribution >= 4 is 53.6 Å². The molecule has 3 rings (SSSR count). The average Bonchev–Trinajstić information content (AvgIpc) is 1.85. The summed E-state index contributed by atoms with van der Waals surface area (Å²) in [6, 6.07) is 13.5. The van der Waals surface area contributed by atoms with Gasteiger partial charge in [0.25, 0.3) is 0 Å². The number of carbonyl (C=O) groups excluding carboxylic acids is 8. The number of carbonyl (C=O) groups is 8. The van der Waals surface area contributed by atoms with Gasteiger partial charge in [-0.25, -0.2) is 9.59 Å². The molecule has 4 atom stereocenters. The molecule has 3 amide bonds. The van der Waals surface area contributed by atoms with Crippen molar-refractivity contribution in [2.75, 3.05) is 51.1 Å². The van der Waals surface area contributed by atoms with Gasteiger partial charge in [-0.05, 0) is 186 Å². The van der Waals surface area contributed by atoms with Crippen molar-refractivity contribution < 1.29 is 71.5 Å². The van der Waals surface area contributed by atoms with Crippen molar-refractivity contribution in [3.63, 3.8) is 0 Å². The fourth-order valence-electron chi connectivity index (χ4n) is 9.53. The lowest BCUT2D eigenvalue weighted by atomic mass is 9.87. The standard InChI is InChI=1S/C64H102N6O15/c1-59(2,3)80-51(71)38-68(39-52(72)81-60(4,5)6)47(37-69(40-53(73)82-61(7,8)9)49-29-22-23-30-50(49)70(41-54(74)83-62(10,11)12)42-55(75)84-63(13,14)15)36-44-31-33-46(34-32-44)66-56(76)48(67-58(78)85-64(16,17)18)28-24-25-35-65-57(77)79-43-45-26-20-19-21-27-45/h19-21,26-27,31-34,47-50H,22-25,28-30,35-43H2,1-18H3,(H,65,77)(H,66,76)(H,67,78)/t47-,48+,49+,50+/m1/s1. The van der Waals surface area contributed by atoms with Gasteiger partial charge in [0.05, 0.1) is 32.7 Å². The van der Waals surface area contributed by atoms with E-state index in [1.807, 2.05) is 35.2 Å². The highest BCUT2D eigenvalue weighted by Gasteiger charge is 2.41. The van der Waals surface area contributed by atoms with Gasteiger partial charge in [-0.2, -0.15) is 0 Å². The van der Waals surface area contributed by atoms with Crippen molar-refractivity contribution in [2.24, 2.45) is 0 Å². The van der Waals surface area contributed by atoms with Crippen LogP contribution in [0.5, 0.6) is 0 Å².